The number of benzene rings is 2. The third-order valence-electron chi connectivity index (χ3n) is 5.43. The molecule has 0 atom stereocenters. The predicted molar refractivity (Wildman–Crippen MR) is 117 cm³/mol. The lowest BCUT2D eigenvalue weighted by atomic mass is 10.1. The van der Waals surface area contributed by atoms with Crippen molar-refractivity contribution in [3.05, 3.63) is 58.5 Å². The van der Waals surface area contributed by atoms with Gasteiger partial charge in [0.2, 0.25) is 5.91 Å². The van der Waals surface area contributed by atoms with Crippen LogP contribution in [0.4, 0.5) is 0 Å². The molecule has 160 valence electrons. The molecular weight excluding hydrogens is 382 g/mol. The highest BCUT2D eigenvalue weighted by Gasteiger charge is 2.14. The van der Waals surface area contributed by atoms with Gasteiger partial charge in [-0.25, -0.2) is 4.79 Å². The Morgan fingerprint density at radius 3 is 2.43 bits per heavy atom. The van der Waals surface area contributed by atoms with Crippen LogP contribution in [0.5, 0.6) is 11.5 Å². The van der Waals surface area contributed by atoms with Crippen LogP contribution in [0, 0.1) is 0 Å². The van der Waals surface area contributed by atoms with E-state index in [1.807, 2.05) is 49.5 Å². The zero-order valence-electron chi connectivity index (χ0n) is 18.1. The van der Waals surface area contributed by atoms with Crippen LogP contribution in [0.2, 0.25) is 0 Å². The second-order valence-corrected chi connectivity index (χ2v) is 7.34. The first-order valence-electron chi connectivity index (χ1n) is 10.1. The molecule has 0 saturated heterocycles. The first-order valence-corrected chi connectivity index (χ1v) is 10.1. The van der Waals surface area contributed by atoms with Crippen LogP contribution in [0.25, 0.3) is 11.0 Å². The Hall–Kier alpha value is -3.22. The molecule has 0 aliphatic carbocycles. The number of hydrogen-bond acceptors (Lipinski definition) is 4. The lowest BCUT2D eigenvalue weighted by molar-refractivity contribution is -0.130. The molecule has 7 nitrogen and oxygen atoms in total. The SMILES string of the molecule is COc1ccc(CCCN(C)C(=O)CCn2c(=O)n(C)c3ccccc32)cc1OC. The standard InChI is InChI=1S/C23H29N3O4/c1-24(14-7-8-17-11-12-20(29-3)21(16-17)30-4)22(27)13-15-26-19-10-6-5-9-18(19)25(2)23(26)28/h5-6,9-12,16H,7-8,13-15H2,1-4H3. The van der Waals surface area contributed by atoms with E-state index >= 15 is 0 Å². The minimum Gasteiger partial charge on any atom is -0.493 e. The fourth-order valence-electron chi connectivity index (χ4n) is 3.66. The molecule has 0 N–H and O–H groups in total. The van der Waals surface area contributed by atoms with Gasteiger partial charge < -0.3 is 14.4 Å². The van der Waals surface area contributed by atoms with Crippen LogP contribution in [-0.2, 0) is 24.8 Å². The second-order valence-electron chi connectivity index (χ2n) is 7.34. The van der Waals surface area contributed by atoms with Crippen molar-refractivity contribution >= 4 is 16.9 Å². The quantitative estimate of drug-likeness (QED) is 0.543. The van der Waals surface area contributed by atoms with Crippen LogP contribution >= 0.6 is 0 Å². The van der Waals surface area contributed by atoms with Gasteiger partial charge in [0, 0.05) is 33.6 Å². The largest absolute Gasteiger partial charge is 0.493 e. The molecule has 3 rings (SSSR count). The van der Waals surface area contributed by atoms with E-state index in [-0.39, 0.29) is 11.6 Å². The Morgan fingerprint density at radius 2 is 1.73 bits per heavy atom. The number of amides is 1. The van der Waals surface area contributed by atoms with Crippen molar-refractivity contribution in [2.45, 2.75) is 25.8 Å². The summed E-state index contributed by atoms with van der Waals surface area (Å²) in [6.45, 7) is 1.02. The summed E-state index contributed by atoms with van der Waals surface area (Å²) in [4.78, 5) is 26.8. The smallest absolute Gasteiger partial charge is 0.328 e. The van der Waals surface area contributed by atoms with E-state index in [1.54, 1.807) is 35.3 Å². The van der Waals surface area contributed by atoms with Crippen LogP contribution in [-0.4, -0.2) is 47.8 Å². The van der Waals surface area contributed by atoms with Gasteiger partial charge in [0.25, 0.3) is 0 Å². The molecular formula is C23H29N3O4. The van der Waals surface area contributed by atoms with Crippen molar-refractivity contribution in [1.82, 2.24) is 14.0 Å². The van der Waals surface area contributed by atoms with Gasteiger partial charge in [-0.15, -0.1) is 0 Å². The molecule has 30 heavy (non-hydrogen) atoms. The maximum Gasteiger partial charge on any atom is 0.328 e. The van der Waals surface area contributed by atoms with Crippen LogP contribution in [0.15, 0.2) is 47.3 Å². The van der Waals surface area contributed by atoms with Crippen molar-refractivity contribution in [3.8, 4) is 11.5 Å². The van der Waals surface area contributed by atoms with Crippen LogP contribution in [0.3, 0.4) is 0 Å². The van der Waals surface area contributed by atoms with Gasteiger partial charge in [0.05, 0.1) is 25.3 Å². The zero-order valence-corrected chi connectivity index (χ0v) is 18.1. The van der Waals surface area contributed by atoms with Crippen molar-refractivity contribution in [2.75, 3.05) is 27.8 Å². The lowest BCUT2D eigenvalue weighted by Crippen LogP contribution is -2.30. The highest BCUT2D eigenvalue weighted by atomic mass is 16.5. The highest BCUT2D eigenvalue weighted by Crippen LogP contribution is 2.28. The van der Waals surface area contributed by atoms with Gasteiger partial charge in [-0.3, -0.25) is 13.9 Å². The molecule has 3 aromatic rings. The number of para-hydroxylation sites is 2. The van der Waals surface area contributed by atoms with Crippen molar-refractivity contribution < 1.29 is 14.3 Å². The first-order chi connectivity index (χ1) is 14.5. The first kappa shape index (κ1) is 21.5. The summed E-state index contributed by atoms with van der Waals surface area (Å²) < 4.78 is 13.9. The minimum absolute atomic E-state index is 0.0298. The third-order valence-corrected chi connectivity index (χ3v) is 5.43. The average Bonchev–Trinajstić information content (AvgIpc) is 3.01. The van der Waals surface area contributed by atoms with Gasteiger partial charge >= 0.3 is 5.69 Å². The number of ether oxygens (including phenoxy) is 2. The fraction of sp³-hybridized carbons (Fsp3) is 0.391. The van der Waals surface area contributed by atoms with Gasteiger partial charge in [-0.2, -0.15) is 0 Å². The monoisotopic (exact) mass is 411 g/mol. The maximum absolute atomic E-state index is 12.6. The molecule has 0 unspecified atom stereocenters. The molecule has 1 amide bonds. The summed E-state index contributed by atoms with van der Waals surface area (Å²) in [7, 11) is 6.80. The molecule has 0 saturated carbocycles. The van der Waals surface area contributed by atoms with Crippen LogP contribution < -0.4 is 15.2 Å². The number of imidazole rings is 1. The number of rotatable bonds is 9. The number of aryl methyl sites for hydroxylation is 3. The molecule has 0 radical (unpaired) electrons. The fourth-order valence-corrected chi connectivity index (χ4v) is 3.66. The summed E-state index contributed by atoms with van der Waals surface area (Å²) in [5, 5.41) is 0. The Balaban J connectivity index is 1.54. The van der Waals surface area contributed by atoms with Crippen LogP contribution in [0.1, 0.15) is 18.4 Å². The number of hydrogen-bond donors (Lipinski definition) is 0. The van der Waals surface area contributed by atoms with Crippen molar-refractivity contribution in [1.29, 1.82) is 0 Å². The third kappa shape index (κ3) is 4.50. The van der Waals surface area contributed by atoms with E-state index in [9.17, 15) is 9.59 Å². The Kier molecular flexibility index (Phi) is 6.82. The maximum atomic E-state index is 12.6. The summed E-state index contributed by atoms with van der Waals surface area (Å²) >= 11 is 0. The molecule has 7 heteroatoms. The Morgan fingerprint density at radius 1 is 1.03 bits per heavy atom. The van der Waals surface area contributed by atoms with E-state index in [0.29, 0.717) is 31.0 Å². The summed E-state index contributed by atoms with van der Waals surface area (Å²) in [5.41, 5.74) is 2.77. The van der Waals surface area contributed by atoms with Gasteiger partial charge in [0.1, 0.15) is 0 Å². The molecule has 1 aromatic heterocycles. The van der Waals surface area contributed by atoms with Crippen molar-refractivity contribution in [2.24, 2.45) is 7.05 Å². The normalized spacial score (nSPS) is 10.9. The number of fused-ring (bicyclic) bond motifs is 1. The van der Waals surface area contributed by atoms with E-state index < -0.39 is 0 Å². The number of carbonyl (C=O) groups is 1. The van der Waals surface area contributed by atoms with Gasteiger partial charge in [-0.1, -0.05) is 18.2 Å². The molecule has 2 aromatic carbocycles. The van der Waals surface area contributed by atoms with E-state index in [2.05, 4.69) is 0 Å². The number of nitrogens with zero attached hydrogens (tertiary/aromatic N) is 3. The second kappa shape index (κ2) is 9.52. The molecule has 1 heterocycles. The summed E-state index contributed by atoms with van der Waals surface area (Å²) in [6, 6.07) is 13.5. The zero-order chi connectivity index (χ0) is 21.7. The Bertz CT molecular complexity index is 1080. The summed E-state index contributed by atoms with van der Waals surface area (Å²) in [6.07, 6.45) is 1.97. The van der Waals surface area contributed by atoms with Gasteiger partial charge in [-0.05, 0) is 42.7 Å². The Labute approximate surface area is 176 Å². The number of carbonyl (C=O) groups excluding carboxylic acids is 1. The molecule has 0 aliphatic rings. The number of aromatic nitrogens is 2. The molecule has 0 bridgehead atoms. The molecule has 0 spiro atoms. The summed E-state index contributed by atoms with van der Waals surface area (Å²) in [5.74, 6) is 1.44. The predicted octanol–water partition coefficient (Wildman–Crippen LogP) is 2.84. The van der Waals surface area contributed by atoms with Crippen molar-refractivity contribution in [3.63, 3.8) is 0 Å². The molecule has 0 fully saturated rings. The lowest BCUT2D eigenvalue weighted by Gasteiger charge is -2.17. The topological polar surface area (TPSA) is 65.7 Å². The van der Waals surface area contributed by atoms with Gasteiger partial charge in [0.15, 0.2) is 11.5 Å². The van der Waals surface area contributed by atoms with E-state index in [1.165, 1.54) is 0 Å². The average molecular weight is 412 g/mol. The van der Waals surface area contributed by atoms with E-state index in [4.69, 9.17) is 9.47 Å². The molecule has 0 aliphatic heterocycles. The van der Waals surface area contributed by atoms with E-state index in [0.717, 1.165) is 29.4 Å². The minimum atomic E-state index is -0.0971. The highest BCUT2D eigenvalue weighted by molar-refractivity contribution is 5.77. The number of methoxy groups -OCH3 is 2.